The molecule has 2 rings (SSSR count). The van der Waals surface area contributed by atoms with Crippen LogP contribution >= 0.6 is 0 Å². The van der Waals surface area contributed by atoms with Gasteiger partial charge < -0.3 is 10.3 Å². The summed E-state index contributed by atoms with van der Waals surface area (Å²) in [6.07, 6.45) is -1.92. The van der Waals surface area contributed by atoms with Gasteiger partial charge in [0.25, 0.3) is 0 Å². The lowest BCUT2D eigenvalue weighted by molar-refractivity contribution is -0.137. The number of hydrogen-bond acceptors (Lipinski definition) is 2. The number of alkyl halides is 3. The number of anilines is 1. The van der Waals surface area contributed by atoms with Crippen LogP contribution in [-0.4, -0.2) is 16.5 Å². The van der Waals surface area contributed by atoms with Crippen LogP contribution in [0.25, 0.3) is 11.4 Å². The summed E-state index contributed by atoms with van der Waals surface area (Å²) in [6.45, 7) is 2.52. The van der Waals surface area contributed by atoms with Crippen LogP contribution < -0.4 is 5.32 Å². The normalized spacial score (nSPS) is 11.6. The molecule has 2 heterocycles. The monoisotopic (exact) mass is 269 g/mol. The Labute approximate surface area is 108 Å². The zero-order valence-electron chi connectivity index (χ0n) is 10.4. The van der Waals surface area contributed by atoms with Crippen molar-refractivity contribution in [3.63, 3.8) is 0 Å². The van der Waals surface area contributed by atoms with Gasteiger partial charge in [-0.3, -0.25) is 0 Å². The molecule has 0 aromatic carbocycles. The molecule has 0 unspecified atom stereocenters. The number of nitrogens with one attached hydrogen (secondary N) is 2. The Morgan fingerprint density at radius 1 is 1.32 bits per heavy atom. The smallest absolute Gasteiger partial charge is 0.370 e. The molecule has 2 aromatic rings. The van der Waals surface area contributed by atoms with Crippen molar-refractivity contribution in [2.24, 2.45) is 0 Å². The predicted molar refractivity (Wildman–Crippen MR) is 67.8 cm³/mol. The average Bonchev–Trinajstić information content (AvgIpc) is 2.89. The van der Waals surface area contributed by atoms with Gasteiger partial charge in [-0.15, -0.1) is 0 Å². The molecule has 0 bridgehead atoms. The molecule has 19 heavy (non-hydrogen) atoms. The molecule has 0 amide bonds. The number of halogens is 3. The first-order valence-corrected chi connectivity index (χ1v) is 5.97. The van der Waals surface area contributed by atoms with E-state index in [1.54, 1.807) is 18.3 Å². The minimum Gasteiger partial charge on any atom is -0.370 e. The lowest BCUT2D eigenvalue weighted by atomic mass is 10.2. The topological polar surface area (TPSA) is 40.7 Å². The summed E-state index contributed by atoms with van der Waals surface area (Å²) in [5.41, 5.74) is 0.134. The first-order chi connectivity index (χ1) is 9.00. The van der Waals surface area contributed by atoms with Gasteiger partial charge >= 0.3 is 6.18 Å². The Bertz CT molecular complexity index is 533. The van der Waals surface area contributed by atoms with Crippen molar-refractivity contribution in [3.05, 3.63) is 36.0 Å². The lowest BCUT2D eigenvalue weighted by Gasteiger charge is -2.12. The summed E-state index contributed by atoms with van der Waals surface area (Å²) in [7, 11) is 0. The highest BCUT2D eigenvalue weighted by molar-refractivity contribution is 5.59. The van der Waals surface area contributed by atoms with Crippen molar-refractivity contribution in [1.82, 2.24) is 9.97 Å². The van der Waals surface area contributed by atoms with Gasteiger partial charge in [0.05, 0.1) is 17.0 Å². The van der Waals surface area contributed by atoms with Crippen LogP contribution in [0.5, 0.6) is 0 Å². The summed E-state index contributed by atoms with van der Waals surface area (Å²) in [4.78, 5) is 7.04. The Hall–Kier alpha value is -1.98. The maximum absolute atomic E-state index is 12.8. The molecular weight excluding hydrogens is 255 g/mol. The molecule has 0 spiro atoms. The number of rotatable bonds is 4. The molecule has 0 aliphatic heterocycles. The molecule has 0 aliphatic rings. The van der Waals surface area contributed by atoms with E-state index in [1.165, 1.54) is 0 Å². The van der Waals surface area contributed by atoms with Crippen molar-refractivity contribution < 1.29 is 13.2 Å². The summed E-state index contributed by atoms with van der Waals surface area (Å²) in [6, 6.07) is 5.48. The summed E-state index contributed by atoms with van der Waals surface area (Å²) < 4.78 is 38.5. The van der Waals surface area contributed by atoms with Gasteiger partial charge in [-0.1, -0.05) is 6.92 Å². The zero-order chi connectivity index (χ0) is 13.9. The summed E-state index contributed by atoms with van der Waals surface area (Å²) >= 11 is 0. The van der Waals surface area contributed by atoms with Gasteiger partial charge in [0, 0.05) is 12.7 Å². The van der Waals surface area contributed by atoms with Gasteiger partial charge in [-0.05, 0) is 30.7 Å². The molecule has 0 saturated carbocycles. The molecule has 3 nitrogen and oxygen atoms in total. The molecule has 0 aliphatic carbocycles. The summed E-state index contributed by atoms with van der Waals surface area (Å²) in [5.74, 6) is 0.237. The van der Waals surface area contributed by atoms with Crippen LogP contribution in [0.3, 0.4) is 0 Å². The highest BCUT2D eigenvalue weighted by atomic mass is 19.4. The number of nitrogens with zero attached hydrogens (tertiary/aromatic N) is 1. The third kappa shape index (κ3) is 3.27. The standard InChI is InChI=1S/C13H14F3N3/c1-2-5-18-12-8-9(13(14,15)16)7-11(19-12)10-4-3-6-17-10/h3-4,6-8,17H,2,5H2,1H3,(H,18,19). The molecule has 2 N–H and O–H groups in total. The molecule has 6 heteroatoms. The van der Waals surface area contributed by atoms with Crippen molar-refractivity contribution >= 4 is 5.82 Å². The number of aromatic amines is 1. The van der Waals surface area contributed by atoms with E-state index in [0.29, 0.717) is 12.2 Å². The minimum absolute atomic E-state index is 0.237. The lowest BCUT2D eigenvalue weighted by Crippen LogP contribution is -2.09. The second-order valence-electron chi connectivity index (χ2n) is 4.13. The van der Waals surface area contributed by atoms with Crippen LogP contribution in [0, 0.1) is 0 Å². The first kappa shape index (κ1) is 13.5. The van der Waals surface area contributed by atoms with E-state index in [2.05, 4.69) is 15.3 Å². The van der Waals surface area contributed by atoms with Crippen LogP contribution in [0.4, 0.5) is 19.0 Å². The van der Waals surface area contributed by atoms with Gasteiger partial charge in [0.15, 0.2) is 0 Å². The maximum atomic E-state index is 12.8. The Morgan fingerprint density at radius 3 is 2.68 bits per heavy atom. The highest BCUT2D eigenvalue weighted by Gasteiger charge is 2.31. The van der Waals surface area contributed by atoms with Gasteiger partial charge in [-0.2, -0.15) is 13.2 Å². The minimum atomic E-state index is -4.38. The van der Waals surface area contributed by atoms with E-state index < -0.39 is 11.7 Å². The van der Waals surface area contributed by atoms with Crippen molar-refractivity contribution in [1.29, 1.82) is 0 Å². The van der Waals surface area contributed by atoms with E-state index >= 15 is 0 Å². The molecule has 0 saturated heterocycles. The molecule has 0 fully saturated rings. The molecule has 2 aromatic heterocycles. The number of pyridine rings is 1. The fourth-order valence-corrected chi connectivity index (χ4v) is 1.67. The van der Waals surface area contributed by atoms with Crippen molar-refractivity contribution in [3.8, 4) is 11.4 Å². The number of hydrogen-bond donors (Lipinski definition) is 2. The molecular formula is C13H14F3N3. The molecule has 0 atom stereocenters. The third-order valence-corrected chi connectivity index (χ3v) is 2.58. The van der Waals surface area contributed by atoms with Crippen molar-refractivity contribution in [2.45, 2.75) is 19.5 Å². The zero-order valence-corrected chi connectivity index (χ0v) is 10.4. The second-order valence-corrected chi connectivity index (χ2v) is 4.13. The Morgan fingerprint density at radius 2 is 2.11 bits per heavy atom. The fraction of sp³-hybridized carbons (Fsp3) is 0.308. The van der Waals surface area contributed by atoms with E-state index in [0.717, 1.165) is 18.6 Å². The average molecular weight is 269 g/mol. The van der Waals surface area contributed by atoms with Crippen LogP contribution in [0.2, 0.25) is 0 Å². The third-order valence-electron chi connectivity index (χ3n) is 2.58. The maximum Gasteiger partial charge on any atom is 0.416 e. The van der Waals surface area contributed by atoms with Crippen LogP contribution in [-0.2, 0) is 6.18 Å². The molecule has 102 valence electrons. The van der Waals surface area contributed by atoms with E-state index in [1.807, 2.05) is 6.92 Å². The second kappa shape index (κ2) is 5.34. The number of H-pyrrole nitrogens is 1. The Balaban J connectivity index is 2.43. The molecule has 0 radical (unpaired) electrons. The van der Waals surface area contributed by atoms with Gasteiger partial charge in [-0.25, -0.2) is 4.98 Å². The number of aromatic nitrogens is 2. The first-order valence-electron chi connectivity index (χ1n) is 5.97. The fourth-order valence-electron chi connectivity index (χ4n) is 1.67. The van der Waals surface area contributed by atoms with Crippen LogP contribution in [0.15, 0.2) is 30.5 Å². The Kier molecular flexibility index (Phi) is 3.78. The van der Waals surface area contributed by atoms with Gasteiger partial charge in [0.2, 0.25) is 0 Å². The van der Waals surface area contributed by atoms with E-state index in [-0.39, 0.29) is 11.5 Å². The van der Waals surface area contributed by atoms with E-state index in [9.17, 15) is 13.2 Å². The highest BCUT2D eigenvalue weighted by Crippen LogP contribution is 2.32. The van der Waals surface area contributed by atoms with E-state index in [4.69, 9.17) is 0 Å². The summed E-state index contributed by atoms with van der Waals surface area (Å²) in [5, 5.41) is 2.88. The SMILES string of the molecule is CCCNc1cc(C(F)(F)F)cc(-c2ccc[nH]2)n1. The van der Waals surface area contributed by atoms with Crippen LogP contribution in [0.1, 0.15) is 18.9 Å². The van der Waals surface area contributed by atoms with Crippen molar-refractivity contribution in [2.75, 3.05) is 11.9 Å². The quantitative estimate of drug-likeness (QED) is 0.883. The largest absolute Gasteiger partial charge is 0.416 e. The van der Waals surface area contributed by atoms with Gasteiger partial charge in [0.1, 0.15) is 5.82 Å². The predicted octanol–water partition coefficient (Wildman–Crippen LogP) is 3.92.